The predicted octanol–water partition coefficient (Wildman–Crippen LogP) is 5.98. The topological polar surface area (TPSA) is 46.6 Å². The van der Waals surface area contributed by atoms with Crippen molar-refractivity contribution in [3.8, 4) is 16.9 Å². The minimum absolute atomic E-state index is 0.381. The third-order valence-electron chi connectivity index (χ3n) is 5.59. The minimum atomic E-state index is 0.381. The van der Waals surface area contributed by atoms with E-state index >= 15 is 0 Å². The van der Waals surface area contributed by atoms with Crippen molar-refractivity contribution in [2.24, 2.45) is 0 Å². The summed E-state index contributed by atoms with van der Waals surface area (Å²) in [4.78, 5) is 4.71. The summed E-state index contributed by atoms with van der Waals surface area (Å²) >= 11 is 6.40. The highest BCUT2D eigenvalue weighted by Gasteiger charge is 2.14. The zero-order chi connectivity index (χ0) is 21.4. The molecule has 1 N–H and O–H groups in total. The lowest BCUT2D eigenvalue weighted by Crippen LogP contribution is -2.24. The minimum Gasteiger partial charge on any atom is -0.306 e. The number of hydrogen-bond acceptors (Lipinski definition) is 2. The number of aromatic nitrogens is 3. The summed E-state index contributed by atoms with van der Waals surface area (Å²) in [6.45, 7) is 2.62. The lowest BCUT2D eigenvalue weighted by Gasteiger charge is -2.08. The van der Waals surface area contributed by atoms with Crippen LogP contribution in [0, 0.1) is 12.3 Å². The van der Waals surface area contributed by atoms with E-state index in [9.17, 15) is 0 Å². The van der Waals surface area contributed by atoms with Crippen LogP contribution < -0.4 is 5.62 Å². The van der Waals surface area contributed by atoms with Gasteiger partial charge in [-0.1, -0.05) is 66.2 Å². The van der Waals surface area contributed by atoms with E-state index < -0.39 is 0 Å². The zero-order valence-corrected chi connectivity index (χ0v) is 17.8. The number of imidazole rings is 1. The first-order valence-corrected chi connectivity index (χ1v) is 10.5. The molecule has 0 bridgehead atoms. The van der Waals surface area contributed by atoms with Gasteiger partial charge in [-0.05, 0) is 48.4 Å². The number of aryl methyl sites for hydroxylation is 1. The zero-order valence-electron chi connectivity index (χ0n) is 17.1. The second-order valence-electron chi connectivity index (χ2n) is 7.54. The number of pyridine rings is 1. The van der Waals surface area contributed by atoms with Gasteiger partial charge in [-0.15, -0.1) is 0 Å². The average molecular weight is 425 g/mol. The fourth-order valence-corrected chi connectivity index (χ4v) is 4.18. The van der Waals surface area contributed by atoms with Crippen molar-refractivity contribution in [3.63, 3.8) is 0 Å². The van der Waals surface area contributed by atoms with E-state index in [1.165, 1.54) is 5.56 Å². The lowest BCUT2D eigenvalue weighted by molar-refractivity contribution is 0.723. The van der Waals surface area contributed by atoms with Gasteiger partial charge in [0.2, 0.25) is 5.62 Å². The Bertz CT molecular complexity index is 1440. The summed E-state index contributed by atoms with van der Waals surface area (Å²) in [7, 11) is 0. The Kier molecular flexibility index (Phi) is 4.92. The number of nitrogens with zero attached hydrogens (tertiary/aromatic N) is 3. The van der Waals surface area contributed by atoms with Crippen LogP contribution in [-0.4, -0.2) is 14.1 Å². The van der Waals surface area contributed by atoms with Crippen molar-refractivity contribution >= 4 is 22.6 Å². The number of nitrogens with one attached hydrogen (secondary N) is 1. The number of halogens is 1. The van der Waals surface area contributed by atoms with Crippen LogP contribution in [-0.2, 0) is 6.54 Å². The van der Waals surface area contributed by atoms with E-state index in [2.05, 4.69) is 19.1 Å². The standard InChI is InChI=1S/C26H21ClN4/c1-18-8-2-4-10-21(18)23-15-14-20(16-29-23)31-25-13-7-6-12-24(25)30(26(31)28)17-19-9-3-5-11-22(19)27/h2-16,28H,17H2,1H3. The van der Waals surface area contributed by atoms with Crippen LogP contribution >= 0.6 is 11.6 Å². The second kappa shape index (κ2) is 7.89. The lowest BCUT2D eigenvalue weighted by atomic mass is 10.1. The third kappa shape index (κ3) is 3.45. The fourth-order valence-electron chi connectivity index (χ4n) is 3.99. The highest BCUT2D eigenvalue weighted by atomic mass is 35.5. The Balaban J connectivity index is 1.63. The Hall–Kier alpha value is -3.63. The predicted molar refractivity (Wildman–Crippen MR) is 126 cm³/mol. The van der Waals surface area contributed by atoms with Crippen molar-refractivity contribution < 1.29 is 0 Å². The number of benzene rings is 3. The normalized spacial score (nSPS) is 11.2. The summed E-state index contributed by atoms with van der Waals surface area (Å²) in [6.07, 6.45) is 1.84. The van der Waals surface area contributed by atoms with Crippen LogP contribution in [0.2, 0.25) is 5.02 Å². The Morgan fingerprint density at radius 3 is 2.29 bits per heavy atom. The molecule has 0 unspecified atom stereocenters. The molecular formula is C26H21ClN4. The van der Waals surface area contributed by atoms with Crippen LogP contribution in [0.5, 0.6) is 0 Å². The first-order chi connectivity index (χ1) is 15.1. The Morgan fingerprint density at radius 2 is 1.55 bits per heavy atom. The molecule has 0 radical (unpaired) electrons. The maximum atomic E-state index is 8.94. The molecule has 152 valence electrons. The molecule has 0 saturated heterocycles. The van der Waals surface area contributed by atoms with Crippen molar-refractivity contribution in [3.05, 3.63) is 113 Å². The van der Waals surface area contributed by atoms with Crippen molar-refractivity contribution in [1.29, 1.82) is 5.41 Å². The van der Waals surface area contributed by atoms with Gasteiger partial charge in [0.05, 0.1) is 35.2 Å². The maximum absolute atomic E-state index is 8.94. The smallest absolute Gasteiger partial charge is 0.208 e. The van der Waals surface area contributed by atoms with Gasteiger partial charge in [-0.25, -0.2) is 0 Å². The molecule has 0 atom stereocenters. The molecule has 5 rings (SSSR count). The Labute approximate surface area is 185 Å². The van der Waals surface area contributed by atoms with E-state index in [1.807, 2.05) is 88.1 Å². The van der Waals surface area contributed by atoms with Gasteiger partial charge in [-0.3, -0.25) is 15.0 Å². The first kappa shape index (κ1) is 19.3. The molecule has 0 aliphatic carbocycles. The average Bonchev–Trinajstić information content (AvgIpc) is 3.07. The van der Waals surface area contributed by atoms with Crippen LogP contribution in [0.15, 0.2) is 91.1 Å². The third-order valence-corrected chi connectivity index (χ3v) is 5.96. The maximum Gasteiger partial charge on any atom is 0.208 e. The fraction of sp³-hybridized carbons (Fsp3) is 0.0769. The van der Waals surface area contributed by atoms with Crippen LogP contribution in [0.1, 0.15) is 11.1 Å². The summed E-state index contributed by atoms with van der Waals surface area (Å²) < 4.78 is 3.91. The van der Waals surface area contributed by atoms with Gasteiger partial charge in [-0.2, -0.15) is 0 Å². The molecule has 5 aromatic rings. The molecule has 0 fully saturated rings. The number of rotatable bonds is 4. The van der Waals surface area contributed by atoms with Crippen molar-refractivity contribution in [2.75, 3.05) is 0 Å². The van der Waals surface area contributed by atoms with E-state index in [1.54, 1.807) is 0 Å². The summed E-state index contributed by atoms with van der Waals surface area (Å²) in [5.41, 5.74) is 7.40. The van der Waals surface area contributed by atoms with Crippen molar-refractivity contribution in [2.45, 2.75) is 13.5 Å². The summed E-state index contributed by atoms with van der Waals surface area (Å²) in [5.74, 6) is 0. The SMILES string of the molecule is Cc1ccccc1-c1ccc(-n2c(=N)n(Cc3ccccc3Cl)c3ccccc32)cn1. The molecule has 0 aliphatic rings. The second-order valence-corrected chi connectivity index (χ2v) is 7.95. The largest absolute Gasteiger partial charge is 0.306 e. The van der Waals surface area contributed by atoms with Gasteiger partial charge in [0.25, 0.3) is 0 Å². The highest BCUT2D eigenvalue weighted by molar-refractivity contribution is 6.31. The molecule has 31 heavy (non-hydrogen) atoms. The molecule has 0 saturated carbocycles. The van der Waals surface area contributed by atoms with E-state index in [4.69, 9.17) is 22.0 Å². The number of fused-ring (bicyclic) bond motifs is 1. The molecule has 4 nitrogen and oxygen atoms in total. The molecular weight excluding hydrogens is 404 g/mol. The molecule has 3 aromatic carbocycles. The summed E-state index contributed by atoms with van der Waals surface area (Å²) in [5, 5.41) is 9.64. The van der Waals surface area contributed by atoms with Crippen molar-refractivity contribution in [1.82, 2.24) is 14.1 Å². The highest BCUT2D eigenvalue weighted by Crippen LogP contribution is 2.24. The molecule has 0 aliphatic heterocycles. The van der Waals surface area contributed by atoms with Crippen LogP contribution in [0.25, 0.3) is 28.0 Å². The van der Waals surface area contributed by atoms with E-state index in [-0.39, 0.29) is 0 Å². The van der Waals surface area contributed by atoms with E-state index in [0.717, 1.165) is 33.5 Å². The van der Waals surface area contributed by atoms with Gasteiger partial charge < -0.3 is 4.57 Å². The Morgan fingerprint density at radius 1 is 0.839 bits per heavy atom. The van der Waals surface area contributed by atoms with Gasteiger partial charge in [0.1, 0.15) is 0 Å². The molecule has 0 amide bonds. The monoisotopic (exact) mass is 424 g/mol. The van der Waals surface area contributed by atoms with Crippen LogP contribution in [0.3, 0.4) is 0 Å². The molecule has 2 heterocycles. The van der Waals surface area contributed by atoms with Gasteiger partial charge >= 0.3 is 0 Å². The molecule has 2 aromatic heterocycles. The molecule has 5 heteroatoms. The van der Waals surface area contributed by atoms with E-state index in [0.29, 0.717) is 17.2 Å². The first-order valence-electron chi connectivity index (χ1n) is 10.1. The summed E-state index contributed by atoms with van der Waals surface area (Å²) in [6, 6.07) is 28.1. The quantitative estimate of drug-likeness (QED) is 0.378. The molecule has 0 spiro atoms. The van der Waals surface area contributed by atoms with Gasteiger partial charge in [0.15, 0.2) is 0 Å². The number of para-hydroxylation sites is 2. The van der Waals surface area contributed by atoms with Gasteiger partial charge in [0, 0.05) is 10.6 Å². The number of hydrogen-bond donors (Lipinski definition) is 1. The van der Waals surface area contributed by atoms with Crippen LogP contribution in [0.4, 0.5) is 0 Å².